The van der Waals surface area contributed by atoms with Crippen molar-refractivity contribution in [3.8, 4) is 11.5 Å². The van der Waals surface area contributed by atoms with Crippen LogP contribution in [-0.4, -0.2) is 34.8 Å². The second kappa shape index (κ2) is 9.09. The third kappa shape index (κ3) is 4.19. The summed E-state index contributed by atoms with van der Waals surface area (Å²) in [6.45, 7) is 0.135. The fraction of sp³-hybridized carbons (Fsp3) is 0.238. The van der Waals surface area contributed by atoms with Crippen LogP contribution in [0, 0.1) is 0 Å². The molecule has 0 N–H and O–H groups in total. The van der Waals surface area contributed by atoms with Gasteiger partial charge < -0.3 is 14.0 Å². The molecule has 9 nitrogen and oxygen atoms in total. The Kier molecular flexibility index (Phi) is 6.38. The van der Waals surface area contributed by atoms with Gasteiger partial charge in [-0.05, 0) is 23.2 Å². The summed E-state index contributed by atoms with van der Waals surface area (Å²) in [6, 6.07) is 4.25. The minimum absolute atomic E-state index is 0.0110. The number of ether oxygens (including phenoxy) is 2. The zero-order valence-corrected chi connectivity index (χ0v) is 20.1. The number of carbonyl (C=O) groups excluding carboxylic acids is 1. The smallest absolute Gasteiger partial charge is 0.330 e. The summed E-state index contributed by atoms with van der Waals surface area (Å²) in [5, 5.41) is 0.273. The predicted octanol–water partition coefficient (Wildman–Crippen LogP) is 4.30. The first-order valence-electron chi connectivity index (χ1n) is 9.61. The number of methoxy groups -OCH3 is 2. The SMILES string of the molecule is COc1cc(OC)c(Cl)c(N2Cc3cnc(Cl)nc3N(Cc3ccn(C)c(=O)c3)C2=O)c1Cl. The highest BCUT2D eigenvalue weighted by molar-refractivity contribution is 6.42. The molecule has 172 valence electrons. The van der Waals surface area contributed by atoms with Crippen molar-refractivity contribution in [2.75, 3.05) is 24.0 Å². The second-order valence-corrected chi connectivity index (χ2v) is 8.28. The number of hydrogen-bond acceptors (Lipinski definition) is 6. The molecule has 0 aliphatic carbocycles. The number of nitrogens with zero attached hydrogens (tertiary/aromatic N) is 5. The third-order valence-corrected chi connectivity index (χ3v) is 6.10. The van der Waals surface area contributed by atoms with Crippen molar-refractivity contribution in [1.29, 1.82) is 0 Å². The highest BCUT2D eigenvalue weighted by atomic mass is 35.5. The Morgan fingerprint density at radius 2 is 1.73 bits per heavy atom. The largest absolute Gasteiger partial charge is 0.495 e. The van der Waals surface area contributed by atoms with E-state index in [1.807, 2.05) is 0 Å². The molecular formula is C21H18Cl3N5O4. The zero-order chi connectivity index (χ0) is 23.9. The monoisotopic (exact) mass is 509 g/mol. The molecule has 0 radical (unpaired) electrons. The highest BCUT2D eigenvalue weighted by Gasteiger charge is 2.36. The first kappa shape index (κ1) is 23.2. The number of urea groups is 1. The number of anilines is 2. The summed E-state index contributed by atoms with van der Waals surface area (Å²) in [6.07, 6.45) is 3.15. The molecule has 1 aromatic carbocycles. The van der Waals surface area contributed by atoms with Crippen LogP contribution in [0.1, 0.15) is 11.1 Å². The summed E-state index contributed by atoms with van der Waals surface area (Å²) in [7, 11) is 4.54. The predicted molar refractivity (Wildman–Crippen MR) is 126 cm³/mol. The van der Waals surface area contributed by atoms with Crippen LogP contribution in [0.5, 0.6) is 11.5 Å². The number of aryl methyl sites for hydroxylation is 1. The number of pyridine rings is 1. The van der Waals surface area contributed by atoms with E-state index >= 15 is 0 Å². The maximum Gasteiger partial charge on any atom is 0.330 e. The van der Waals surface area contributed by atoms with E-state index in [0.717, 1.165) is 0 Å². The lowest BCUT2D eigenvalue weighted by molar-refractivity contribution is 0.249. The molecule has 3 heterocycles. The molecule has 3 aromatic rings. The Labute approximate surface area is 204 Å². The fourth-order valence-corrected chi connectivity index (χ4v) is 4.33. The lowest BCUT2D eigenvalue weighted by Gasteiger charge is -2.37. The molecular weight excluding hydrogens is 493 g/mol. The topological polar surface area (TPSA) is 89.8 Å². The third-order valence-electron chi connectivity index (χ3n) is 5.19. The molecule has 0 spiro atoms. The van der Waals surface area contributed by atoms with E-state index in [2.05, 4.69) is 9.97 Å². The summed E-state index contributed by atoms with van der Waals surface area (Å²) in [5.74, 6) is 0.910. The van der Waals surface area contributed by atoms with Gasteiger partial charge in [0.15, 0.2) is 0 Å². The number of carbonyl (C=O) groups is 1. The van der Waals surface area contributed by atoms with Crippen LogP contribution < -0.4 is 24.8 Å². The Morgan fingerprint density at radius 1 is 1.06 bits per heavy atom. The highest BCUT2D eigenvalue weighted by Crippen LogP contribution is 2.48. The molecule has 2 amide bonds. The maximum atomic E-state index is 13.7. The van der Waals surface area contributed by atoms with Gasteiger partial charge in [0.25, 0.3) is 5.56 Å². The summed E-state index contributed by atoms with van der Waals surface area (Å²) < 4.78 is 12.1. The van der Waals surface area contributed by atoms with Crippen molar-refractivity contribution in [3.63, 3.8) is 0 Å². The Balaban J connectivity index is 1.86. The minimum Gasteiger partial charge on any atom is -0.495 e. The quantitative estimate of drug-likeness (QED) is 0.476. The zero-order valence-electron chi connectivity index (χ0n) is 17.8. The molecule has 2 aromatic heterocycles. The first-order chi connectivity index (χ1) is 15.7. The van der Waals surface area contributed by atoms with Crippen molar-refractivity contribution in [2.24, 2.45) is 7.05 Å². The molecule has 0 saturated carbocycles. The summed E-state index contributed by atoms with van der Waals surface area (Å²) >= 11 is 19.2. The van der Waals surface area contributed by atoms with Crippen LogP contribution in [0.4, 0.5) is 16.3 Å². The molecule has 0 bridgehead atoms. The summed E-state index contributed by atoms with van der Waals surface area (Å²) in [5.41, 5.74) is 1.22. The molecule has 0 unspecified atom stereocenters. The number of benzene rings is 1. The number of aromatic nitrogens is 3. The van der Waals surface area contributed by atoms with Gasteiger partial charge in [-0.25, -0.2) is 9.78 Å². The van der Waals surface area contributed by atoms with Gasteiger partial charge in [-0.2, -0.15) is 4.98 Å². The molecule has 0 atom stereocenters. The van der Waals surface area contributed by atoms with Crippen LogP contribution in [0.3, 0.4) is 0 Å². The number of amides is 2. The molecule has 4 rings (SSSR count). The number of halogens is 3. The van der Waals surface area contributed by atoms with Crippen LogP contribution in [-0.2, 0) is 20.1 Å². The van der Waals surface area contributed by atoms with Gasteiger partial charge in [-0.15, -0.1) is 0 Å². The van der Waals surface area contributed by atoms with Crippen LogP contribution in [0.25, 0.3) is 0 Å². The standard InChI is InChI=1S/C21H18Cl3N5O4/c1-27-5-4-11(6-15(27)30)9-29-19-12(8-25-20(24)26-19)10-28(21(29)31)18-16(22)13(32-2)7-14(33-3)17(18)23/h4-8H,9-10H2,1-3H3. The van der Waals surface area contributed by atoms with E-state index in [1.54, 1.807) is 19.3 Å². The van der Waals surface area contributed by atoms with Crippen molar-refractivity contribution >= 4 is 52.3 Å². The van der Waals surface area contributed by atoms with E-state index in [4.69, 9.17) is 44.3 Å². The van der Waals surface area contributed by atoms with Gasteiger partial charge >= 0.3 is 6.03 Å². The van der Waals surface area contributed by atoms with E-state index in [0.29, 0.717) is 16.9 Å². The average molecular weight is 511 g/mol. The normalized spacial score (nSPS) is 13.2. The van der Waals surface area contributed by atoms with Gasteiger partial charge in [-0.1, -0.05) is 23.2 Å². The van der Waals surface area contributed by atoms with Crippen molar-refractivity contribution in [3.05, 3.63) is 67.4 Å². The molecule has 1 aliphatic heterocycles. The first-order valence-corrected chi connectivity index (χ1v) is 10.7. The van der Waals surface area contributed by atoms with Crippen molar-refractivity contribution in [2.45, 2.75) is 13.1 Å². The minimum atomic E-state index is -0.475. The second-order valence-electron chi connectivity index (χ2n) is 7.18. The molecule has 1 aliphatic rings. The van der Waals surface area contributed by atoms with Gasteiger partial charge in [0, 0.05) is 37.1 Å². The Morgan fingerprint density at radius 3 is 2.33 bits per heavy atom. The van der Waals surface area contributed by atoms with Crippen molar-refractivity contribution in [1.82, 2.24) is 14.5 Å². The molecule has 0 fully saturated rings. The lowest BCUT2D eigenvalue weighted by atomic mass is 10.1. The molecule has 12 heteroatoms. The maximum absolute atomic E-state index is 13.7. The van der Waals surface area contributed by atoms with Gasteiger partial charge in [0.1, 0.15) is 27.4 Å². The van der Waals surface area contributed by atoms with Crippen LogP contribution in [0.15, 0.2) is 35.4 Å². The lowest BCUT2D eigenvalue weighted by Crippen LogP contribution is -2.48. The van der Waals surface area contributed by atoms with Gasteiger partial charge in [0.05, 0.1) is 33.0 Å². The average Bonchev–Trinajstić information content (AvgIpc) is 2.79. The van der Waals surface area contributed by atoms with Crippen LogP contribution >= 0.6 is 34.8 Å². The van der Waals surface area contributed by atoms with E-state index in [-0.39, 0.29) is 51.2 Å². The Hall–Kier alpha value is -3.01. The molecule has 0 saturated heterocycles. The number of rotatable bonds is 5. The van der Waals surface area contributed by atoms with Gasteiger partial charge in [0.2, 0.25) is 5.28 Å². The van der Waals surface area contributed by atoms with Gasteiger partial charge in [-0.3, -0.25) is 14.6 Å². The molecule has 33 heavy (non-hydrogen) atoms. The van der Waals surface area contributed by atoms with Crippen molar-refractivity contribution < 1.29 is 14.3 Å². The Bertz CT molecular complexity index is 1290. The summed E-state index contributed by atoms with van der Waals surface area (Å²) in [4.78, 5) is 36.9. The van der Waals surface area contributed by atoms with E-state index < -0.39 is 6.03 Å². The fourth-order valence-electron chi connectivity index (χ4n) is 3.49. The number of hydrogen-bond donors (Lipinski definition) is 0. The van der Waals surface area contributed by atoms with E-state index in [9.17, 15) is 9.59 Å². The number of fused-ring (bicyclic) bond motifs is 1. The van der Waals surface area contributed by atoms with Crippen LogP contribution in [0.2, 0.25) is 15.3 Å². The van der Waals surface area contributed by atoms with E-state index in [1.165, 1.54) is 46.9 Å².